The smallest absolute Gasteiger partial charge is 0.164 e. The SMILES string of the molecule is N#Cc1cccc(-c2ccc3c4c(ccc(-c5cccc(-c6ccc(-c7nc(-c8ccccc8)nc(-c8ccccc8)n7)cc6)c5)c24)-c2ccccc2-3)c1. The van der Waals surface area contributed by atoms with Gasteiger partial charge in [0, 0.05) is 16.7 Å². The summed E-state index contributed by atoms with van der Waals surface area (Å²) >= 11 is 0. The lowest BCUT2D eigenvalue weighted by molar-refractivity contribution is 1.07. The van der Waals surface area contributed by atoms with E-state index in [1.54, 1.807) is 0 Å². The van der Waals surface area contributed by atoms with Crippen molar-refractivity contribution in [1.82, 2.24) is 15.0 Å². The molecule has 0 spiro atoms. The van der Waals surface area contributed by atoms with Crippen LogP contribution in [0.4, 0.5) is 0 Å². The van der Waals surface area contributed by atoms with Gasteiger partial charge in [-0.1, -0.05) is 164 Å². The van der Waals surface area contributed by atoms with Crippen molar-refractivity contribution in [3.8, 4) is 95.9 Å². The fourth-order valence-corrected chi connectivity index (χ4v) is 7.75. The highest BCUT2D eigenvalue weighted by atomic mass is 15.0. The van der Waals surface area contributed by atoms with Gasteiger partial charge in [0.1, 0.15) is 0 Å². The maximum absolute atomic E-state index is 9.75. The second-order valence-corrected chi connectivity index (χ2v) is 13.5. The predicted octanol–water partition coefficient (Wildman–Crippen LogP) is 12.5. The Morgan fingerprint density at radius 2 is 0.704 bits per heavy atom. The molecule has 0 bridgehead atoms. The van der Waals surface area contributed by atoms with Gasteiger partial charge in [0.15, 0.2) is 17.5 Å². The third-order valence-electron chi connectivity index (χ3n) is 10.3. The van der Waals surface area contributed by atoms with E-state index in [2.05, 4.69) is 109 Å². The van der Waals surface area contributed by atoms with E-state index in [0.717, 1.165) is 50.1 Å². The number of benzene rings is 8. The van der Waals surface area contributed by atoms with Crippen LogP contribution in [-0.2, 0) is 0 Å². The van der Waals surface area contributed by atoms with Crippen LogP contribution in [0.15, 0.2) is 182 Å². The first-order valence-electron chi connectivity index (χ1n) is 18.0. The quantitative estimate of drug-likeness (QED) is 0.175. The van der Waals surface area contributed by atoms with Crippen molar-refractivity contribution in [3.63, 3.8) is 0 Å². The van der Waals surface area contributed by atoms with Crippen molar-refractivity contribution >= 4 is 10.8 Å². The van der Waals surface area contributed by atoms with Gasteiger partial charge in [0.25, 0.3) is 0 Å². The van der Waals surface area contributed by atoms with E-state index < -0.39 is 0 Å². The zero-order chi connectivity index (χ0) is 36.0. The van der Waals surface area contributed by atoms with E-state index in [-0.39, 0.29) is 0 Å². The summed E-state index contributed by atoms with van der Waals surface area (Å²) in [6.45, 7) is 0. The molecule has 0 amide bonds. The molecule has 4 nitrogen and oxygen atoms in total. The fraction of sp³-hybridized carbons (Fsp3) is 0. The Morgan fingerprint density at radius 3 is 1.26 bits per heavy atom. The van der Waals surface area contributed by atoms with Crippen molar-refractivity contribution in [3.05, 3.63) is 188 Å². The Labute approximate surface area is 313 Å². The molecule has 1 aliphatic carbocycles. The zero-order valence-corrected chi connectivity index (χ0v) is 29.1. The molecule has 0 N–H and O–H groups in total. The normalized spacial score (nSPS) is 11.3. The molecule has 1 aromatic heterocycles. The highest BCUT2D eigenvalue weighted by Crippen LogP contribution is 2.52. The van der Waals surface area contributed by atoms with Gasteiger partial charge in [0.2, 0.25) is 0 Å². The molecule has 0 aliphatic heterocycles. The summed E-state index contributed by atoms with van der Waals surface area (Å²) < 4.78 is 0. The molecule has 0 radical (unpaired) electrons. The number of aromatic nitrogens is 3. The van der Waals surface area contributed by atoms with Gasteiger partial charge >= 0.3 is 0 Å². The van der Waals surface area contributed by atoms with Crippen molar-refractivity contribution in [1.29, 1.82) is 5.26 Å². The van der Waals surface area contributed by atoms with Gasteiger partial charge < -0.3 is 0 Å². The third kappa shape index (κ3) is 5.35. The van der Waals surface area contributed by atoms with E-state index in [1.807, 2.05) is 78.9 Å². The number of nitriles is 1. The molecular formula is C50H30N4. The minimum Gasteiger partial charge on any atom is -0.208 e. The summed E-state index contributed by atoms with van der Waals surface area (Å²) in [5.41, 5.74) is 15.1. The monoisotopic (exact) mass is 686 g/mol. The van der Waals surface area contributed by atoms with Gasteiger partial charge in [-0.05, 0) is 84.6 Å². The number of hydrogen-bond acceptors (Lipinski definition) is 4. The lowest BCUT2D eigenvalue weighted by atomic mass is 9.87. The molecule has 9 aromatic rings. The van der Waals surface area contributed by atoms with Crippen LogP contribution >= 0.6 is 0 Å². The Balaban J connectivity index is 1.08. The highest BCUT2D eigenvalue weighted by molar-refractivity contribution is 6.22. The van der Waals surface area contributed by atoms with E-state index in [9.17, 15) is 5.26 Å². The van der Waals surface area contributed by atoms with Crippen LogP contribution in [0.25, 0.3) is 101 Å². The lowest BCUT2D eigenvalue weighted by Crippen LogP contribution is -2.00. The van der Waals surface area contributed by atoms with E-state index in [4.69, 9.17) is 15.0 Å². The van der Waals surface area contributed by atoms with Gasteiger partial charge in [-0.2, -0.15) is 5.26 Å². The Morgan fingerprint density at radius 1 is 0.296 bits per heavy atom. The first-order valence-corrected chi connectivity index (χ1v) is 18.0. The Hall–Kier alpha value is -7.48. The molecule has 1 heterocycles. The topological polar surface area (TPSA) is 62.5 Å². The molecule has 4 heteroatoms. The van der Waals surface area contributed by atoms with Crippen LogP contribution in [0, 0.1) is 11.3 Å². The summed E-state index contributed by atoms with van der Waals surface area (Å²) in [5, 5.41) is 12.2. The zero-order valence-electron chi connectivity index (χ0n) is 29.1. The first-order chi connectivity index (χ1) is 26.7. The summed E-state index contributed by atoms with van der Waals surface area (Å²) in [4.78, 5) is 14.7. The molecule has 8 aromatic carbocycles. The summed E-state index contributed by atoms with van der Waals surface area (Å²) in [6, 6.07) is 65.2. The van der Waals surface area contributed by atoms with Crippen molar-refractivity contribution in [2.75, 3.05) is 0 Å². The lowest BCUT2D eigenvalue weighted by Gasteiger charge is -2.16. The van der Waals surface area contributed by atoms with Crippen LogP contribution in [0.5, 0.6) is 0 Å². The number of hydrogen-bond donors (Lipinski definition) is 0. The second-order valence-electron chi connectivity index (χ2n) is 13.5. The Bertz CT molecular complexity index is 2840. The molecule has 0 saturated heterocycles. The van der Waals surface area contributed by atoms with Crippen LogP contribution in [0.2, 0.25) is 0 Å². The van der Waals surface area contributed by atoms with Crippen molar-refractivity contribution < 1.29 is 0 Å². The molecule has 0 saturated carbocycles. The maximum Gasteiger partial charge on any atom is 0.164 e. The minimum atomic E-state index is 0.630. The largest absolute Gasteiger partial charge is 0.208 e. The first kappa shape index (κ1) is 31.3. The Kier molecular flexibility index (Phi) is 7.49. The number of nitrogens with zero attached hydrogens (tertiary/aromatic N) is 4. The van der Waals surface area contributed by atoms with Gasteiger partial charge in [0.05, 0.1) is 11.6 Å². The molecule has 54 heavy (non-hydrogen) atoms. The average Bonchev–Trinajstić information content (AvgIpc) is 3.59. The summed E-state index contributed by atoms with van der Waals surface area (Å²) in [6.07, 6.45) is 0. The molecule has 1 aliphatic rings. The minimum absolute atomic E-state index is 0.630. The van der Waals surface area contributed by atoms with Crippen molar-refractivity contribution in [2.45, 2.75) is 0 Å². The number of rotatable bonds is 6. The molecule has 10 rings (SSSR count). The molecule has 0 atom stereocenters. The third-order valence-corrected chi connectivity index (χ3v) is 10.3. The predicted molar refractivity (Wildman–Crippen MR) is 219 cm³/mol. The molecule has 0 unspecified atom stereocenters. The van der Waals surface area contributed by atoms with Gasteiger partial charge in [-0.15, -0.1) is 0 Å². The van der Waals surface area contributed by atoms with E-state index >= 15 is 0 Å². The molecular weight excluding hydrogens is 657 g/mol. The van der Waals surface area contributed by atoms with Crippen LogP contribution < -0.4 is 0 Å². The second kappa shape index (κ2) is 12.9. The summed E-state index contributed by atoms with van der Waals surface area (Å²) in [5.74, 6) is 1.91. The average molecular weight is 687 g/mol. The van der Waals surface area contributed by atoms with Gasteiger partial charge in [-0.25, -0.2) is 15.0 Å². The molecule has 250 valence electrons. The van der Waals surface area contributed by atoms with Crippen LogP contribution in [-0.4, -0.2) is 15.0 Å². The molecule has 0 fully saturated rings. The summed E-state index contributed by atoms with van der Waals surface area (Å²) in [7, 11) is 0. The van der Waals surface area contributed by atoms with E-state index in [0.29, 0.717) is 23.0 Å². The standard InChI is InChI=1S/C50H30N4/c51-31-32-11-9-17-38(29-32)40-25-27-44-42-19-7-8-20-43(42)45-28-26-41(46(40)47(44)45)39-18-10-16-37(30-39)33-21-23-36(24-22-33)50-53-48(34-12-3-1-4-13-34)52-49(54-50)35-14-5-2-6-15-35/h1-30H. The highest BCUT2D eigenvalue weighted by Gasteiger charge is 2.25. The van der Waals surface area contributed by atoms with Gasteiger partial charge in [-0.3, -0.25) is 0 Å². The number of fused-ring (bicyclic) bond motifs is 3. The maximum atomic E-state index is 9.75. The van der Waals surface area contributed by atoms with Crippen LogP contribution in [0.3, 0.4) is 0 Å². The van der Waals surface area contributed by atoms with E-state index in [1.165, 1.54) is 33.0 Å². The van der Waals surface area contributed by atoms with Crippen LogP contribution in [0.1, 0.15) is 5.56 Å². The fourth-order valence-electron chi connectivity index (χ4n) is 7.75. The van der Waals surface area contributed by atoms with Crippen molar-refractivity contribution in [2.24, 2.45) is 0 Å².